The van der Waals surface area contributed by atoms with Gasteiger partial charge in [0, 0.05) is 18.0 Å². The number of benzene rings is 3. The number of hydrogen-bond acceptors (Lipinski definition) is 8. The molecule has 5 rings (SSSR count). The second kappa shape index (κ2) is 16.0. The summed E-state index contributed by atoms with van der Waals surface area (Å²) in [6.07, 6.45) is 3.89. The molecule has 2 atom stereocenters. The van der Waals surface area contributed by atoms with E-state index < -0.39 is 47.5 Å². The van der Waals surface area contributed by atoms with Crippen LogP contribution in [0.5, 0.6) is 5.75 Å². The SMILES string of the molecule is CC(C)(C)OC(=O)N(C[C@H]1CCc2cc(-c3ccc(C(=O)CS(=O)(=O)c4ccccc4)cc3)ccc2O1)C[C@H](O[Si](C)(C)C(C)(C)C)c1cccnc1. The first kappa shape index (κ1) is 39.9. The van der Waals surface area contributed by atoms with Crippen molar-refractivity contribution in [3.63, 3.8) is 0 Å². The lowest BCUT2D eigenvalue weighted by Gasteiger charge is -2.41. The van der Waals surface area contributed by atoms with E-state index in [9.17, 15) is 18.0 Å². The monoisotopic (exact) mass is 756 g/mol. The fraction of sp³-hybridized carbons (Fsp3) is 0.405. The van der Waals surface area contributed by atoms with Gasteiger partial charge in [0.1, 0.15) is 23.2 Å². The molecule has 0 radical (unpaired) electrons. The third-order valence-electron chi connectivity index (χ3n) is 9.81. The van der Waals surface area contributed by atoms with Crippen LogP contribution in [0.1, 0.15) is 75.6 Å². The number of ether oxygens (including phenoxy) is 2. The summed E-state index contributed by atoms with van der Waals surface area (Å²) in [6, 6.07) is 24.9. The number of hydrogen-bond donors (Lipinski definition) is 0. The van der Waals surface area contributed by atoms with Crippen molar-refractivity contribution in [2.24, 2.45) is 0 Å². The molecule has 1 aromatic heterocycles. The minimum absolute atomic E-state index is 0.0373. The van der Waals surface area contributed by atoms with Gasteiger partial charge in [0.15, 0.2) is 23.9 Å². The molecule has 0 saturated carbocycles. The van der Waals surface area contributed by atoms with E-state index >= 15 is 0 Å². The van der Waals surface area contributed by atoms with Crippen molar-refractivity contribution < 1.29 is 31.9 Å². The van der Waals surface area contributed by atoms with E-state index in [1.165, 1.54) is 12.1 Å². The van der Waals surface area contributed by atoms with Crippen LogP contribution < -0.4 is 4.74 Å². The largest absolute Gasteiger partial charge is 0.488 e. The van der Waals surface area contributed by atoms with Crippen molar-refractivity contribution in [1.82, 2.24) is 9.88 Å². The van der Waals surface area contributed by atoms with Crippen LogP contribution >= 0.6 is 0 Å². The summed E-state index contributed by atoms with van der Waals surface area (Å²) in [4.78, 5) is 32.8. The van der Waals surface area contributed by atoms with E-state index in [1.54, 1.807) is 47.6 Å². The van der Waals surface area contributed by atoms with Crippen molar-refractivity contribution in [2.45, 2.75) is 95.2 Å². The van der Waals surface area contributed by atoms with Crippen LogP contribution in [0, 0.1) is 0 Å². The van der Waals surface area contributed by atoms with E-state index in [0.717, 1.165) is 34.4 Å². The molecule has 9 nitrogen and oxygen atoms in total. The van der Waals surface area contributed by atoms with Gasteiger partial charge in [0.2, 0.25) is 0 Å². The Morgan fingerprint density at radius 1 is 0.925 bits per heavy atom. The smallest absolute Gasteiger partial charge is 0.410 e. The molecule has 0 bridgehead atoms. The van der Waals surface area contributed by atoms with Gasteiger partial charge in [-0.3, -0.25) is 9.78 Å². The number of Topliss-reactive ketones (excluding diaryl/α,β-unsaturated/α-hetero) is 1. The number of ketones is 1. The third-order valence-corrected chi connectivity index (χ3v) is 15.9. The normalized spacial score (nSPS) is 15.5. The highest BCUT2D eigenvalue weighted by Gasteiger charge is 2.41. The van der Waals surface area contributed by atoms with E-state index in [-0.39, 0.29) is 22.6 Å². The van der Waals surface area contributed by atoms with Gasteiger partial charge in [-0.1, -0.05) is 75.4 Å². The standard InChI is InChI=1S/C42H52N2O7SSi/c1-41(2,3)50-40(46)44(28-39(34-13-12-24-43-26-34)51-53(7,8)42(4,5)6)27-35-22-20-33-25-32(21-23-38(33)49-35)30-16-18-31(19-17-30)37(45)29-52(47,48)36-14-10-9-11-15-36/h9-19,21,23-26,35,39H,20,22,27-29H2,1-8H3/t35-,39+/m1/s1. The summed E-state index contributed by atoms with van der Waals surface area (Å²) in [6.45, 7) is 17.2. The predicted molar refractivity (Wildman–Crippen MR) is 211 cm³/mol. The van der Waals surface area contributed by atoms with Crippen LogP contribution in [0.25, 0.3) is 11.1 Å². The van der Waals surface area contributed by atoms with Gasteiger partial charge in [0.25, 0.3) is 0 Å². The molecule has 4 aromatic rings. The highest BCUT2D eigenvalue weighted by atomic mass is 32.2. The van der Waals surface area contributed by atoms with Crippen LogP contribution in [0.15, 0.2) is 102 Å². The number of sulfone groups is 1. The number of fused-ring (bicyclic) bond motifs is 1. The molecule has 0 fully saturated rings. The second-order valence-corrected chi connectivity index (χ2v) is 23.0. The Hall–Kier alpha value is -4.32. The van der Waals surface area contributed by atoms with Crippen LogP contribution in [0.4, 0.5) is 4.79 Å². The van der Waals surface area contributed by atoms with Gasteiger partial charge in [-0.25, -0.2) is 13.2 Å². The topological polar surface area (TPSA) is 112 Å². The lowest BCUT2D eigenvalue weighted by Crippen LogP contribution is -2.48. The minimum Gasteiger partial charge on any atom is -0.488 e. The van der Waals surface area contributed by atoms with Crippen molar-refractivity contribution in [3.8, 4) is 16.9 Å². The van der Waals surface area contributed by atoms with Crippen molar-refractivity contribution in [1.29, 1.82) is 0 Å². The van der Waals surface area contributed by atoms with Gasteiger partial charge in [0.05, 0.1) is 24.1 Å². The van der Waals surface area contributed by atoms with Crippen molar-refractivity contribution >= 4 is 30.0 Å². The Labute approximate surface area is 315 Å². The molecule has 3 aromatic carbocycles. The fourth-order valence-electron chi connectivity index (χ4n) is 5.87. The summed E-state index contributed by atoms with van der Waals surface area (Å²) in [5, 5.41) is -0.0373. The minimum atomic E-state index is -3.74. The first-order valence-corrected chi connectivity index (χ1v) is 22.6. The molecule has 0 N–H and O–H groups in total. The summed E-state index contributed by atoms with van der Waals surface area (Å²) in [5.41, 5.74) is 3.47. The van der Waals surface area contributed by atoms with Gasteiger partial charge in [-0.05, 0) is 104 Å². The first-order valence-electron chi connectivity index (χ1n) is 18.1. The number of carbonyl (C=O) groups is 2. The van der Waals surface area contributed by atoms with Crippen LogP contribution in [0.2, 0.25) is 18.1 Å². The first-order chi connectivity index (χ1) is 24.8. The predicted octanol–water partition coefficient (Wildman–Crippen LogP) is 9.10. The summed E-state index contributed by atoms with van der Waals surface area (Å²) < 4.78 is 44.8. The van der Waals surface area contributed by atoms with E-state index in [2.05, 4.69) is 44.9 Å². The van der Waals surface area contributed by atoms with E-state index in [0.29, 0.717) is 18.5 Å². The van der Waals surface area contributed by atoms with Crippen LogP contribution in [-0.4, -0.2) is 69.0 Å². The Balaban J connectivity index is 1.30. The molecular weight excluding hydrogens is 705 g/mol. The number of pyridine rings is 1. The fourth-order valence-corrected chi connectivity index (χ4v) is 8.40. The molecule has 0 aliphatic carbocycles. The Kier molecular flexibility index (Phi) is 12.0. The van der Waals surface area contributed by atoms with E-state index in [1.807, 2.05) is 57.2 Å². The molecule has 0 spiro atoms. The molecule has 282 valence electrons. The lowest BCUT2D eigenvalue weighted by molar-refractivity contribution is 0.00490. The molecule has 1 amide bonds. The molecule has 53 heavy (non-hydrogen) atoms. The second-order valence-electron chi connectivity index (χ2n) is 16.2. The van der Waals surface area contributed by atoms with Gasteiger partial charge in [-0.15, -0.1) is 0 Å². The lowest BCUT2D eigenvalue weighted by atomic mass is 9.96. The summed E-state index contributed by atoms with van der Waals surface area (Å²) in [5.74, 6) is -0.287. The molecule has 0 unspecified atom stereocenters. The van der Waals surface area contributed by atoms with Crippen molar-refractivity contribution in [3.05, 3.63) is 114 Å². The van der Waals surface area contributed by atoms with Crippen molar-refractivity contribution in [2.75, 3.05) is 18.8 Å². The molecule has 1 aliphatic rings. The maximum atomic E-state index is 13.7. The molecule has 1 aliphatic heterocycles. The molecule has 2 heterocycles. The quantitative estimate of drug-likeness (QED) is 0.104. The Morgan fingerprint density at radius 2 is 1.60 bits per heavy atom. The Bertz CT molecular complexity index is 1990. The molecular formula is C42H52N2O7SSi. The summed E-state index contributed by atoms with van der Waals surface area (Å²) in [7, 11) is -5.98. The Morgan fingerprint density at radius 3 is 2.23 bits per heavy atom. The number of aromatic nitrogens is 1. The van der Waals surface area contributed by atoms with Gasteiger partial charge < -0.3 is 18.8 Å². The molecule has 11 heteroatoms. The number of aryl methyl sites for hydroxylation is 1. The van der Waals surface area contributed by atoms with E-state index in [4.69, 9.17) is 13.9 Å². The average molecular weight is 757 g/mol. The van der Waals surface area contributed by atoms with Gasteiger partial charge >= 0.3 is 6.09 Å². The zero-order valence-corrected chi connectivity index (χ0v) is 33.9. The van der Waals surface area contributed by atoms with Crippen LogP contribution in [0.3, 0.4) is 0 Å². The number of nitrogens with zero attached hydrogens (tertiary/aromatic N) is 2. The maximum Gasteiger partial charge on any atom is 0.410 e. The number of amides is 1. The third kappa shape index (κ3) is 10.4. The summed E-state index contributed by atoms with van der Waals surface area (Å²) >= 11 is 0. The zero-order valence-electron chi connectivity index (χ0n) is 32.1. The maximum absolute atomic E-state index is 13.7. The van der Waals surface area contributed by atoms with Crippen LogP contribution in [-0.2, 0) is 25.4 Å². The average Bonchev–Trinajstić information content (AvgIpc) is 3.10. The number of rotatable bonds is 12. The zero-order chi connectivity index (χ0) is 38.6. The highest BCUT2D eigenvalue weighted by molar-refractivity contribution is 7.92. The van der Waals surface area contributed by atoms with Gasteiger partial charge in [-0.2, -0.15) is 0 Å². The number of carbonyl (C=O) groups excluding carboxylic acids is 2. The molecule has 0 saturated heterocycles. The highest BCUT2D eigenvalue weighted by Crippen LogP contribution is 2.40.